The number of benzene rings is 3. The molecule has 47 heavy (non-hydrogen) atoms. The van der Waals surface area contributed by atoms with E-state index in [9.17, 15) is 40.7 Å². The largest absolute Gasteiger partial charge is 0.416 e. The fourth-order valence-electron chi connectivity index (χ4n) is 5.41. The Kier molecular flexibility index (Phi) is 8.96. The number of likely N-dealkylation sites (N-methyl/N-ethyl adjacent to an activating group) is 2. The molecule has 3 aromatic carbocycles. The van der Waals surface area contributed by atoms with Gasteiger partial charge >= 0.3 is 12.4 Å². The molecule has 1 aliphatic heterocycles. The molecule has 0 spiro atoms. The Labute approximate surface area is 264 Å². The number of fused-ring (bicyclic) bond motifs is 1. The van der Waals surface area contributed by atoms with Gasteiger partial charge in [0.15, 0.2) is 0 Å². The molecule has 0 fully saturated rings. The first-order valence-corrected chi connectivity index (χ1v) is 14.3. The van der Waals surface area contributed by atoms with Crippen LogP contribution in [-0.4, -0.2) is 53.3 Å². The number of anilines is 2. The van der Waals surface area contributed by atoms with Crippen LogP contribution in [0.15, 0.2) is 97.2 Å². The molecule has 1 N–H and O–H groups in total. The third-order valence-corrected chi connectivity index (χ3v) is 7.65. The molecule has 14 heteroatoms. The Morgan fingerprint density at radius 3 is 2.32 bits per heavy atom. The van der Waals surface area contributed by atoms with Gasteiger partial charge in [0.25, 0.3) is 17.7 Å². The van der Waals surface area contributed by atoms with Crippen LogP contribution in [0.5, 0.6) is 0 Å². The van der Waals surface area contributed by atoms with Crippen LogP contribution >= 0.6 is 0 Å². The zero-order valence-electron chi connectivity index (χ0n) is 24.9. The summed E-state index contributed by atoms with van der Waals surface area (Å²) in [7, 11) is 1.28. The fraction of sp³-hybridized carbons (Fsp3) is 0.212. The van der Waals surface area contributed by atoms with E-state index < -0.39 is 47.6 Å². The Balaban J connectivity index is 1.62. The minimum atomic E-state index is -4.71. The predicted octanol–water partition coefficient (Wildman–Crippen LogP) is 6.27. The van der Waals surface area contributed by atoms with Gasteiger partial charge in [-0.15, -0.1) is 0 Å². The molecule has 8 nitrogen and oxygen atoms in total. The second-order valence-corrected chi connectivity index (χ2v) is 10.6. The van der Waals surface area contributed by atoms with E-state index in [1.54, 1.807) is 48.0 Å². The molecule has 1 aliphatic rings. The van der Waals surface area contributed by atoms with Crippen molar-refractivity contribution in [2.24, 2.45) is 0 Å². The standard InChI is InChI=1S/C33H27F6N5O3/c1-3-43-30-25(19-40-44(30)23-12-5-4-6-13-23)27(20-9-8-14-24(18-20)42(2)26(45)15-16-32(34,35)36)28(31(43)47)41-29(46)21-10-7-11-22(17-21)33(37,38)39/h4-19,27-28H,3H2,1-2H3,(H,41,46)/b16-15+/t27-,28+/m0/s1. The summed E-state index contributed by atoms with van der Waals surface area (Å²) in [5, 5.41) is 7.15. The van der Waals surface area contributed by atoms with Crippen LogP contribution in [0.2, 0.25) is 0 Å². The van der Waals surface area contributed by atoms with Gasteiger partial charge in [0.2, 0.25) is 0 Å². The smallest absolute Gasteiger partial charge is 0.339 e. The highest BCUT2D eigenvalue weighted by Gasteiger charge is 2.44. The Hall–Kier alpha value is -5.40. The van der Waals surface area contributed by atoms with Gasteiger partial charge in [-0.25, -0.2) is 4.68 Å². The number of carbonyl (C=O) groups is 3. The summed E-state index contributed by atoms with van der Waals surface area (Å²) in [6.07, 6.45) is -7.70. The van der Waals surface area contributed by atoms with Crippen LogP contribution in [0.4, 0.5) is 37.8 Å². The van der Waals surface area contributed by atoms with E-state index in [0.717, 1.165) is 17.0 Å². The van der Waals surface area contributed by atoms with Crippen molar-refractivity contribution in [2.45, 2.75) is 31.2 Å². The van der Waals surface area contributed by atoms with Crippen molar-refractivity contribution < 1.29 is 40.7 Å². The Bertz CT molecular complexity index is 1830. The maximum absolute atomic E-state index is 14.2. The molecule has 0 unspecified atom stereocenters. The summed E-state index contributed by atoms with van der Waals surface area (Å²) in [4.78, 5) is 42.6. The summed E-state index contributed by atoms with van der Waals surface area (Å²) in [6, 6.07) is 17.5. The number of carbonyl (C=O) groups excluding carboxylic acids is 3. The number of nitrogens with zero attached hydrogens (tertiary/aromatic N) is 4. The first-order chi connectivity index (χ1) is 22.2. The molecule has 0 bridgehead atoms. The summed E-state index contributed by atoms with van der Waals surface area (Å²) < 4.78 is 79.9. The number of halogens is 6. The van der Waals surface area contributed by atoms with Crippen molar-refractivity contribution in [3.8, 4) is 5.69 Å². The number of hydrogen-bond donors (Lipinski definition) is 1. The van der Waals surface area contributed by atoms with Crippen LogP contribution in [0.1, 0.15) is 39.9 Å². The molecule has 0 saturated carbocycles. The summed E-state index contributed by atoms with van der Waals surface area (Å²) >= 11 is 0. The quantitative estimate of drug-likeness (QED) is 0.188. The van der Waals surface area contributed by atoms with Crippen molar-refractivity contribution in [2.75, 3.05) is 23.4 Å². The minimum Gasteiger partial charge on any atom is -0.339 e. The molecule has 0 saturated heterocycles. The predicted molar refractivity (Wildman–Crippen MR) is 161 cm³/mol. The number of nitrogens with one attached hydrogen (secondary N) is 1. The van der Waals surface area contributed by atoms with Crippen LogP contribution in [0.3, 0.4) is 0 Å². The third kappa shape index (κ3) is 6.90. The molecule has 0 radical (unpaired) electrons. The van der Waals surface area contributed by atoms with Crippen LogP contribution < -0.4 is 15.1 Å². The normalized spacial score (nSPS) is 16.7. The van der Waals surface area contributed by atoms with E-state index in [1.807, 2.05) is 0 Å². The number of rotatable bonds is 7. The molecule has 2 atom stereocenters. The van der Waals surface area contributed by atoms with E-state index in [0.29, 0.717) is 34.8 Å². The number of alkyl halides is 6. The van der Waals surface area contributed by atoms with Crippen molar-refractivity contribution in [1.29, 1.82) is 0 Å². The van der Waals surface area contributed by atoms with Gasteiger partial charge in [-0.3, -0.25) is 19.3 Å². The summed E-state index contributed by atoms with van der Waals surface area (Å²) in [5.74, 6) is -3.06. The van der Waals surface area contributed by atoms with E-state index in [1.165, 1.54) is 42.4 Å². The van der Waals surface area contributed by atoms with Crippen molar-refractivity contribution in [3.63, 3.8) is 0 Å². The average Bonchev–Trinajstić information content (AvgIpc) is 3.47. The van der Waals surface area contributed by atoms with Gasteiger partial charge in [0.05, 0.1) is 17.4 Å². The van der Waals surface area contributed by atoms with Gasteiger partial charge < -0.3 is 10.2 Å². The molecule has 3 amide bonds. The van der Waals surface area contributed by atoms with Gasteiger partial charge in [-0.2, -0.15) is 31.4 Å². The highest BCUT2D eigenvalue weighted by atomic mass is 19.4. The average molecular weight is 656 g/mol. The van der Waals surface area contributed by atoms with Gasteiger partial charge in [0, 0.05) is 48.5 Å². The lowest BCUT2D eigenvalue weighted by Crippen LogP contribution is -2.55. The van der Waals surface area contributed by atoms with Crippen LogP contribution in [-0.2, 0) is 15.8 Å². The van der Waals surface area contributed by atoms with Crippen molar-refractivity contribution in [3.05, 3.63) is 119 Å². The molecule has 2 heterocycles. The van der Waals surface area contributed by atoms with Crippen LogP contribution in [0.25, 0.3) is 5.69 Å². The zero-order valence-corrected chi connectivity index (χ0v) is 24.9. The van der Waals surface area contributed by atoms with E-state index in [4.69, 9.17) is 0 Å². The number of amides is 3. The Morgan fingerprint density at radius 2 is 1.66 bits per heavy atom. The van der Waals surface area contributed by atoms with Crippen molar-refractivity contribution >= 4 is 29.2 Å². The second-order valence-electron chi connectivity index (χ2n) is 10.6. The third-order valence-electron chi connectivity index (χ3n) is 7.65. The fourth-order valence-corrected chi connectivity index (χ4v) is 5.41. The van der Waals surface area contributed by atoms with Gasteiger partial charge in [0.1, 0.15) is 11.9 Å². The van der Waals surface area contributed by atoms with Gasteiger partial charge in [-0.1, -0.05) is 36.4 Å². The molecular formula is C33H27F6N5O3. The molecule has 1 aromatic heterocycles. The van der Waals surface area contributed by atoms with E-state index in [-0.39, 0.29) is 23.9 Å². The highest BCUT2D eigenvalue weighted by molar-refractivity contribution is 6.05. The van der Waals surface area contributed by atoms with E-state index in [2.05, 4.69) is 10.4 Å². The first-order valence-electron chi connectivity index (χ1n) is 14.3. The topological polar surface area (TPSA) is 87.5 Å². The molecule has 4 aromatic rings. The second kappa shape index (κ2) is 12.8. The summed E-state index contributed by atoms with van der Waals surface area (Å²) in [5.41, 5.74) is 0.307. The maximum Gasteiger partial charge on any atom is 0.416 e. The minimum absolute atomic E-state index is 0.149. The lowest BCUT2D eigenvalue weighted by molar-refractivity contribution is -0.137. The lowest BCUT2D eigenvalue weighted by Gasteiger charge is -2.38. The molecule has 5 rings (SSSR count). The Morgan fingerprint density at radius 1 is 0.957 bits per heavy atom. The molecule has 0 aliphatic carbocycles. The lowest BCUT2D eigenvalue weighted by atomic mass is 9.82. The van der Waals surface area contributed by atoms with E-state index >= 15 is 0 Å². The van der Waals surface area contributed by atoms with Crippen molar-refractivity contribution in [1.82, 2.24) is 15.1 Å². The number of hydrogen-bond acceptors (Lipinski definition) is 4. The number of para-hydroxylation sites is 1. The molecule has 244 valence electrons. The van der Waals surface area contributed by atoms with Gasteiger partial charge in [-0.05, 0) is 55.0 Å². The monoisotopic (exact) mass is 655 g/mol. The summed E-state index contributed by atoms with van der Waals surface area (Å²) in [6.45, 7) is 1.86. The number of allylic oxidation sites excluding steroid dienone is 1. The zero-order chi connectivity index (χ0) is 34.1. The first kappa shape index (κ1) is 33.0. The highest BCUT2D eigenvalue weighted by Crippen LogP contribution is 2.42. The molecular weight excluding hydrogens is 628 g/mol. The maximum atomic E-state index is 14.2. The number of aromatic nitrogens is 2. The SMILES string of the molecule is CCN1C(=O)[C@H](NC(=O)c2cccc(C(F)(F)F)c2)[C@@H](c2cccc(N(C)C(=O)/C=C/C(F)(F)F)c2)c2cnn(-c3ccccc3)c21. The van der Waals surface area contributed by atoms with Crippen LogP contribution in [0, 0.1) is 0 Å².